The largest absolute Gasteiger partial charge is 0.456 e. The standard InChI is InChI=1S/C16H16BrClFNO/c1-3-20-10(2)16-13(19)5-4-6-15(16)21-14-8-7-11(18)9-12(14)17/h4-10,20H,3H2,1-2H3. The van der Waals surface area contributed by atoms with Crippen molar-refractivity contribution >= 4 is 27.5 Å². The van der Waals surface area contributed by atoms with E-state index in [4.69, 9.17) is 16.3 Å². The Bertz CT molecular complexity index is 636. The molecule has 2 rings (SSSR count). The van der Waals surface area contributed by atoms with Crippen LogP contribution in [0.25, 0.3) is 0 Å². The maximum atomic E-state index is 14.1. The molecule has 0 spiro atoms. The molecular weight excluding hydrogens is 357 g/mol. The molecule has 21 heavy (non-hydrogen) atoms. The van der Waals surface area contributed by atoms with E-state index in [1.165, 1.54) is 6.07 Å². The normalized spacial score (nSPS) is 12.2. The lowest BCUT2D eigenvalue weighted by molar-refractivity contribution is 0.446. The Labute approximate surface area is 137 Å². The van der Waals surface area contributed by atoms with Crippen molar-refractivity contribution in [1.82, 2.24) is 5.32 Å². The van der Waals surface area contributed by atoms with Gasteiger partial charge in [0.2, 0.25) is 0 Å². The van der Waals surface area contributed by atoms with E-state index in [0.717, 1.165) is 11.0 Å². The molecule has 0 bridgehead atoms. The highest BCUT2D eigenvalue weighted by Crippen LogP contribution is 2.36. The Morgan fingerprint density at radius 2 is 2.05 bits per heavy atom. The van der Waals surface area contributed by atoms with Gasteiger partial charge in [-0.05, 0) is 59.7 Å². The average Bonchev–Trinajstić information content (AvgIpc) is 2.42. The third-order valence-electron chi connectivity index (χ3n) is 3.07. The molecule has 0 radical (unpaired) electrons. The van der Waals surface area contributed by atoms with Crippen molar-refractivity contribution < 1.29 is 9.13 Å². The predicted octanol–water partition coefficient (Wildman–Crippen LogP) is 5.70. The second kappa shape index (κ2) is 7.25. The third-order valence-corrected chi connectivity index (χ3v) is 3.92. The minimum Gasteiger partial charge on any atom is -0.456 e. The molecule has 0 fully saturated rings. The highest BCUT2D eigenvalue weighted by atomic mass is 79.9. The number of halogens is 3. The molecule has 112 valence electrons. The molecule has 1 N–H and O–H groups in total. The smallest absolute Gasteiger partial charge is 0.141 e. The van der Waals surface area contributed by atoms with Crippen LogP contribution in [0.3, 0.4) is 0 Å². The van der Waals surface area contributed by atoms with Gasteiger partial charge in [0.1, 0.15) is 17.3 Å². The van der Waals surface area contributed by atoms with E-state index >= 15 is 0 Å². The molecule has 0 saturated carbocycles. The lowest BCUT2D eigenvalue weighted by atomic mass is 10.1. The van der Waals surface area contributed by atoms with E-state index in [2.05, 4.69) is 21.2 Å². The van der Waals surface area contributed by atoms with Crippen molar-refractivity contribution in [2.75, 3.05) is 6.54 Å². The average molecular weight is 373 g/mol. The molecule has 0 amide bonds. The number of nitrogens with one attached hydrogen (secondary N) is 1. The van der Waals surface area contributed by atoms with Crippen LogP contribution in [0.5, 0.6) is 11.5 Å². The number of benzene rings is 2. The van der Waals surface area contributed by atoms with Crippen LogP contribution in [0.2, 0.25) is 5.02 Å². The van der Waals surface area contributed by atoms with E-state index in [1.54, 1.807) is 30.3 Å². The Morgan fingerprint density at radius 1 is 1.29 bits per heavy atom. The summed E-state index contributed by atoms with van der Waals surface area (Å²) in [6, 6.07) is 9.91. The summed E-state index contributed by atoms with van der Waals surface area (Å²) in [5.74, 6) is 0.799. The molecule has 0 aromatic heterocycles. The van der Waals surface area contributed by atoms with Gasteiger partial charge in [0.25, 0.3) is 0 Å². The van der Waals surface area contributed by atoms with Crippen LogP contribution in [0, 0.1) is 5.82 Å². The zero-order valence-electron chi connectivity index (χ0n) is 11.8. The van der Waals surface area contributed by atoms with Gasteiger partial charge in [-0.2, -0.15) is 0 Å². The highest BCUT2D eigenvalue weighted by Gasteiger charge is 2.17. The van der Waals surface area contributed by atoms with Gasteiger partial charge in [-0.25, -0.2) is 4.39 Å². The molecule has 2 nitrogen and oxygen atoms in total. The van der Waals surface area contributed by atoms with E-state index < -0.39 is 0 Å². The van der Waals surface area contributed by atoms with Crippen LogP contribution in [0.15, 0.2) is 40.9 Å². The first-order valence-electron chi connectivity index (χ1n) is 6.67. The molecule has 5 heteroatoms. The van der Waals surface area contributed by atoms with Gasteiger partial charge in [0, 0.05) is 16.6 Å². The van der Waals surface area contributed by atoms with Gasteiger partial charge in [-0.3, -0.25) is 0 Å². The fourth-order valence-electron chi connectivity index (χ4n) is 2.11. The monoisotopic (exact) mass is 371 g/mol. The fourth-order valence-corrected chi connectivity index (χ4v) is 2.87. The zero-order chi connectivity index (χ0) is 15.4. The summed E-state index contributed by atoms with van der Waals surface area (Å²) in [6.07, 6.45) is 0. The Hall–Kier alpha value is -1.10. The summed E-state index contributed by atoms with van der Waals surface area (Å²) in [4.78, 5) is 0. The molecular formula is C16H16BrClFNO. The number of rotatable bonds is 5. The second-order valence-corrected chi connectivity index (χ2v) is 5.90. The molecule has 0 aliphatic carbocycles. The zero-order valence-corrected chi connectivity index (χ0v) is 14.1. The van der Waals surface area contributed by atoms with Gasteiger partial charge in [-0.1, -0.05) is 24.6 Å². The van der Waals surface area contributed by atoms with Crippen LogP contribution in [-0.2, 0) is 0 Å². The van der Waals surface area contributed by atoms with Crippen LogP contribution >= 0.6 is 27.5 Å². The SMILES string of the molecule is CCNC(C)c1c(F)cccc1Oc1ccc(Cl)cc1Br. The summed E-state index contributed by atoms with van der Waals surface area (Å²) < 4.78 is 20.7. The van der Waals surface area contributed by atoms with Gasteiger partial charge in [0.05, 0.1) is 4.47 Å². The van der Waals surface area contributed by atoms with Gasteiger partial charge < -0.3 is 10.1 Å². The molecule has 1 unspecified atom stereocenters. The van der Waals surface area contributed by atoms with Crippen molar-refractivity contribution in [2.24, 2.45) is 0 Å². The Morgan fingerprint density at radius 3 is 2.71 bits per heavy atom. The van der Waals surface area contributed by atoms with Gasteiger partial charge in [0.15, 0.2) is 0 Å². The van der Waals surface area contributed by atoms with E-state index in [9.17, 15) is 4.39 Å². The maximum absolute atomic E-state index is 14.1. The van der Waals surface area contributed by atoms with Crippen LogP contribution < -0.4 is 10.1 Å². The van der Waals surface area contributed by atoms with E-state index in [1.807, 2.05) is 13.8 Å². The summed E-state index contributed by atoms with van der Waals surface area (Å²) in [6.45, 7) is 4.64. The summed E-state index contributed by atoms with van der Waals surface area (Å²) in [7, 11) is 0. The first-order valence-corrected chi connectivity index (χ1v) is 7.84. The lowest BCUT2D eigenvalue weighted by Crippen LogP contribution is -2.19. The summed E-state index contributed by atoms with van der Waals surface area (Å²) in [5.41, 5.74) is 0.515. The number of ether oxygens (including phenoxy) is 1. The van der Waals surface area contributed by atoms with E-state index in [-0.39, 0.29) is 11.9 Å². The molecule has 0 aliphatic rings. The molecule has 0 heterocycles. The van der Waals surface area contributed by atoms with Crippen molar-refractivity contribution in [2.45, 2.75) is 19.9 Å². The third kappa shape index (κ3) is 3.96. The molecule has 2 aromatic carbocycles. The first kappa shape index (κ1) is 16.3. The molecule has 0 aliphatic heterocycles. The van der Waals surface area contributed by atoms with Crippen LogP contribution in [0.1, 0.15) is 25.5 Å². The minimum atomic E-state index is -0.286. The van der Waals surface area contributed by atoms with E-state index in [0.29, 0.717) is 22.1 Å². The summed E-state index contributed by atoms with van der Waals surface area (Å²) in [5, 5.41) is 3.81. The predicted molar refractivity (Wildman–Crippen MR) is 87.7 cm³/mol. The molecule has 2 aromatic rings. The van der Waals surface area contributed by atoms with Gasteiger partial charge in [-0.15, -0.1) is 0 Å². The van der Waals surface area contributed by atoms with Crippen molar-refractivity contribution in [3.05, 3.63) is 57.3 Å². The quantitative estimate of drug-likeness (QED) is 0.726. The fraction of sp³-hybridized carbons (Fsp3) is 0.250. The maximum Gasteiger partial charge on any atom is 0.141 e. The highest BCUT2D eigenvalue weighted by molar-refractivity contribution is 9.10. The molecule has 1 atom stereocenters. The topological polar surface area (TPSA) is 21.3 Å². The van der Waals surface area contributed by atoms with Crippen molar-refractivity contribution in [3.8, 4) is 11.5 Å². The Kier molecular flexibility index (Phi) is 5.62. The van der Waals surface area contributed by atoms with Crippen LogP contribution in [-0.4, -0.2) is 6.54 Å². The van der Waals surface area contributed by atoms with Gasteiger partial charge >= 0.3 is 0 Å². The lowest BCUT2D eigenvalue weighted by Gasteiger charge is -2.18. The minimum absolute atomic E-state index is 0.141. The molecule has 0 saturated heterocycles. The number of hydrogen-bond donors (Lipinski definition) is 1. The Balaban J connectivity index is 2.37. The second-order valence-electron chi connectivity index (χ2n) is 4.61. The van der Waals surface area contributed by atoms with Crippen LogP contribution in [0.4, 0.5) is 4.39 Å². The van der Waals surface area contributed by atoms with Crippen molar-refractivity contribution in [3.63, 3.8) is 0 Å². The van der Waals surface area contributed by atoms with Crippen molar-refractivity contribution in [1.29, 1.82) is 0 Å². The first-order chi connectivity index (χ1) is 10.0. The summed E-state index contributed by atoms with van der Waals surface area (Å²) >= 11 is 9.31. The number of hydrogen-bond acceptors (Lipinski definition) is 2.